The number of aromatic nitrogens is 1. The lowest BCUT2D eigenvalue weighted by Crippen LogP contribution is -2.43. The van der Waals surface area contributed by atoms with Crippen LogP contribution < -0.4 is 10.5 Å². The maximum absolute atomic E-state index is 14.8. The molecule has 2 aliphatic rings. The highest BCUT2D eigenvalue weighted by molar-refractivity contribution is 5.82. The summed E-state index contributed by atoms with van der Waals surface area (Å²) < 4.78 is 20.8. The van der Waals surface area contributed by atoms with Gasteiger partial charge in [-0.3, -0.25) is 4.79 Å². The van der Waals surface area contributed by atoms with Crippen LogP contribution in [0, 0.1) is 11.7 Å². The number of hydrogen-bond donors (Lipinski definition) is 2. The van der Waals surface area contributed by atoms with E-state index in [1.54, 1.807) is 23.2 Å². The van der Waals surface area contributed by atoms with E-state index >= 15 is 0 Å². The van der Waals surface area contributed by atoms with Crippen molar-refractivity contribution in [2.45, 2.75) is 51.2 Å². The van der Waals surface area contributed by atoms with Gasteiger partial charge in [-0.05, 0) is 68.2 Å². The van der Waals surface area contributed by atoms with Gasteiger partial charge in [0.15, 0.2) is 0 Å². The summed E-state index contributed by atoms with van der Waals surface area (Å²) in [6, 6.07) is 7.77. The molecule has 8 nitrogen and oxygen atoms in total. The van der Waals surface area contributed by atoms with E-state index in [1.807, 2.05) is 19.1 Å². The molecule has 2 aliphatic heterocycles. The van der Waals surface area contributed by atoms with Crippen molar-refractivity contribution >= 4 is 12.0 Å². The first-order valence-electron chi connectivity index (χ1n) is 12.3. The summed E-state index contributed by atoms with van der Waals surface area (Å²) in [5.41, 5.74) is 7.92. The first kappa shape index (κ1) is 24.9. The Balaban J connectivity index is 1.33. The van der Waals surface area contributed by atoms with Crippen LogP contribution in [0.25, 0.3) is 11.1 Å². The zero-order valence-corrected chi connectivity index (χ0v) is 20.0. The minimum absolute atomic E-state index is 0.0894. The van der Waals surface area contributed by atoms with Crippen molar-refractivity contribution in [3.8, 4) is 17.0 Å². The Hall–Kier alpha value is -3.20. The monoisotopic (exact) mass is 484 g/mol. The topological polar surface area (TPSA) is 109 Å². The Labute approximate surface area is 204 Å². The van der Waals surface area contributed by atoms with E-state index in [2.05, 4.69) is 4.98 Å². The van der Waals surface area contributed by atoms with Crippen molar-refractivity contribution in [2.24, 2.45) is 11.7 Å². The summed E-state index contributed by atoms with van der Waals surface area (Å²) in [7, 11) is 0. The summed E-state index contributed by atoms with van der Waals surface area (Å²) in [4.78, 5) is 31.1. The van der Waals surface area contributed by atoms with Crippen LogP contribution in [-0.4, -0.2) is 70.2 Å². The molecule has 3 heterocycles. The SMILES string of the molecule is C[C@H](Oc1ccc(-c2ccc(C[C@H](N)C(=O)N3CCCC3)c(F)c2)cn1)C1CCN(C(=O)O)CC1. The van der Waals surface area contributed by atoms with Crippen molar-refractivity contribution in [3.05, 3.63) is 47.9 Å². The lowest BCUT2D eigenvalue weighted by molar-refractivity contribution is -0.131. The van der Waals surface area contributed by atoms with E-state index in [0.717, 1.165) is 44.3 Å². The molecule has 2 saturated heterocycles. The van der Waals surface area contributed by atoms with Crippen LogP contribution in [-0.2, 0) is 11.2 Å². The largest absolute Gasteiger partial charge is 0.474 e. The van der Waals surface area contributed by atoms with Gasteiger partial charge in [0.1, 0.15) is 11.9 Å². The number of carbonyl (C=O) groups is 2. The number of nitrogens with two attached hydrogens (primary N) is 1. The van der Waals surface area contributed by atoms with E-state index in [9.17, 15) is 14.0 Å². The summed E-state index contributed by atoms with van der Waals surface area (Å²) >= 11 is 0. The summed E-state index contributed by atoms with van der Waals surface area (Å²) in [6.45, 7) is 4.45. The van der Waals surface area contributed by atoms with Crippen molar-refractivity contribution in [1.82, 2.24) is 14.8 Å². The van der Waals surface area contributed by atoms with Crippen molar-refractivity contribution < 1.29 is 23.8 Å². The number of rotatable bonds is 7. The van der Waals surface area contributed by atoms with Gasteiger partial charge in [0.25, 0.3) is 0 Å². The van der Waals surface area contributed by atoms with Gasteiger partial charge in [-0.25, -0.2) is 14.2 Å². The van der Waals surface area contributed by atoms with E-state index in [-0.39, 0.29) is 24.3 Å². The van der Waals surface area contributed by atoms with E-state index < -0.39 is 18.0 Å². The molecule has 0 aliphatic carbocycles. The van der Waals surface area contributed by atoms with Gasteiger partial charge in [0.05, 0.1) is 6.04 Å². The summed E-state index contributed by atoms with van der Waals surface area (Å²) in [6.07, 6.45) is 4.33. The highest BCUT2D eigenvalue weighted by Crippen LogP contribution is 2.26. The molecule has 1 aromatic heterocycles. The molecule has 0 bridgehead atoms. The lowest BCUT2D eigenvalue weighted by atomic mass is 9.92. The first-order valence-corrected chi connectivity index (χ1v) is 12.3. The fourth-order valence-electron chi connectivity index (χ4n) is 4.86. The van der Waals surface area contributed by atoms with E-state index in [1.165, 1.54) is 11.0 Å². The van der Waals surface area contributed by atoms with Gasteiger partial charge in [-0.2, -0.15) is 0 Å². The first-order chi connectivity index (χ1) is 16.8. The molecule has 2 amide bonds. The average Bonchev–Trinajstić information content (AvgIpc) is 3.40. The number of halogens is 1. The maximum atomic E-state index is 14.8. The maximum Gasteiger partial charge on any atom is 0.407 e. The number of amides is 2. The van der Waals surface area contributed by atoms with Crippen LogP contribution in [0.4, 0.5) is 9.18 Å². The molecule has 0 radical (unpaired) electrons. The minimum Gasteiger partial charge on any atom is -0.474 e. The van der Waals surface area contributed by atoms with Gasteiger partial charge in [-0.15, -0.1) is 0 Å². The Morgan fingerprint density at radius 1 is 1.11 bits per heavy atom. The lowest BCUT2D eigenvalue weighted by Gasteiger charge is -2.33. The fourth-order valence-corrected chi connectivity index (χ4v) is 4.86. The molecule has 0 unspecified atom stereocenters. The molecular weight excluding hydrogens is 451 g/mol. The molecular formula is C26H33FN4O4. The van der Waals surface area contributed by atoms with Crippen LogP contribution in [0.3, 0.4) is 0 Å². The number of carbonyl (C=O) groups excluding carboxylic acids is 1. The number of likely N-dealkylation sites (tertiary alicyclic amines) is 2. The van der Waals surface area contributed by atoms with Crippen LogP contribution in [0.2, 0.25) is 0 Å². The standard InChI is InChI=1S/C26H33FN4O4/c1-17(18-8-12-31(13-9-18)26(33)34)35-24-7-6-21(16-29-24)19-4-5-20(22(27)14-19)15-23(28)25(32)30-10-2-3-11-30/h4-7,14,16-18,23H,2-3,8-13,15,28H2,1H3,(H,33,34)/t17-,23-/m0/s1. The molecule has 2 atom stereocenters. The van der Waals surface area contributed by atoms with E-state index in [0.29, 0.717) is 30.1 Å². The molecule has 188 valence electrons. The van der Waals surface area contributed by atoms with Gasteiger partial charge < -0.3 is 25.4 Å². The van der Waals surface area contributed by atoms with Crippen molar-refractivity contribution in [2.75, 3.05) is 26.2 Å². The number of nitrogens with zero attached hydrogens (tertiary/aromatic N) is 3. The average molecular weight is 485 g/mol. The van der Waals surface area contributed by atoms with Crippen LogP contribution in [0.5, 0.6) is 5.88 Å². The van der Waals surface area contributed by atoms with Crippen molar-refractivity contribution in [1.29, 1.82) is 0 Å². The molecule has 9 heteroatoms. The fraction of sp³-hybridized carbons (Fsp3) is 0.500. The quantitative estimate of drug-likeness (QED) is 0.622. The zero-order chi connectivity index (χ0) is 24.9. The number of benzene rings is 1. The molecule has 0 spiro atoms. The molecule has 3 N–H and O–H groups in total. The second-order valence-corrected chi connectivity index (χ2v) is 9.46. The highest BCUT2D eigenvalue weighted by Gasteiger charge is 2.27. The third-order valence-electron chi connectivity index (χ3n) is 7.08. The smallest absolute Gasteiger partial charge is 0.407 e. The van der Waals surface area contributed by atoms with Gasteiger partial charge in [0.2, 0.25) is 11.8 Å². The Morgan fingerprint density at radius 3 is 2.40 bits per heavy atom. The highest BCUT2D eigenvalue weighted by atomic mass is 19.1. The van der Waals surface area contributed by atoms with Crippen LogP contribution >= 0.6 is 0 Å². The normalized spacial score (nSPS) is 18.4. The summed E-state index contributed by atoms with van der Waals surface area (Å²) in [5, 5.41) is 9.09. The zero-order valence-electron chi connectivity index (χ0n) is 20.0. The molecule has 1 aromatic carbocycles. The van der Waals surface area contributed by atoms with Crippen LogP contribution in [0.1, 0.15) is 38.2 Å². The number of pyridine rings is 1. The second kappa shape index (κ2) is 11.0. The molecule has 35 heavy (non-hydrogen) atoms. The van der Waals surface area contributed by atoms with Gasteiger partial charge >= 0.3 is 6.09 Å². The molecule has 2 fully saturated rings. The molecule has 2 aromatic rings. The minimum atomic E-state index is -0.878. The number of piperidine rings is 1. The van der Waals surface area contributed by atoms with E-state index in [4.69, 9.17) is 15.6 Å². The number of ether oxygens (including phenoxy) is 1. The Morgan fingerprint density at radius 2 is 1.80 bits per heavy atom. The van der Waals surface area contributed by atoms with Crippen LogP contribution in [0.15, 0.2) is 36.5 Å². The third-order valence-corrected chi connectivity index (χ3v) is 7.08. The predicted molar refractivity (Wildman–Crippen MR) is 130 cm³/mol. The van der Waals surface area contributed by atoms with Gasteiger partial charge in [-0.1, -0.05) is 12.1 Å². The molecule has 4 rings (SSSR count). The van der Waals surface area contributed by atoms with Crippen molar-refractivity contribution in [3.63, 3.8) is 0 Å². The third kappa shape index (κ3) is 6.08. The second-order valence-electron chi connectivity index (χ2n) is 9.46. The Bertz CT molecular complexity index is 1030. The predicted octanol–water partition coefficient (Wildman–Crippen LogP) is 3.54. The summed E-state index contributed by atoms with van der Waals surface area (Å²) in [5.74, 6) is 0.226. The van der Waals surface area contributed by atoms with Gasteiger partial charge in [0, 0.05) is 44.0 Å². The number of carboxylic acid groups (broad SMARTS) is 1. The molecule has 0 saturated carbocycles. The Kier molecular flexibility index (Phi) is 7.85. The number of hydrogen-bond acceptors (Lipinski definition) is 5.